The molecule has 3 N–H and O–H groups in total. The van der Waals surface area contributed by atoms with Crippen LogP contribution in [0.15, 0.2) is 24.3 Å². The number of anilines is 1. The second-order valence-corrected chi connectivity index (χ2v) is 4.30. The maximum Gasteiger partial charge on any atom is 0.224 e. The van der Waals surface area contributed by atoms with E-state index in [2.05, 4.69) is 12.2 Å². The van der Waals surface area contributed by atoms with E-state index in [4.69, 9.17) is 5.73 Å². The van der Waals surface area contributed by atoms with E-state index in [9.17, 15) is 4.79 Å². The Bertz CT molecular complexity index is 350. The van der Waals surface area contributed by atoms with Crippen molar-refractivity contribution >= 4 is 11.6 Å². The Hall–Kier alpha value is -1.35. The Morgan fingerprint density at radius 3 is 2.88 bits per heavy atom. The van der Waals surface area contributed by atoms with Crippen LogP contribution in [0, 0.1) is 12.8 Å². The SMILES string of the molecule is Cc1cccc(NC(=O)CCC(C)CN)c1. The largest absolute Gasteiger partial charge is 0.330 e. The van der Waals surface area contributed by atoms with Gasteiger partial charge in [-0.2, -0.15) is 0 Å². The van der Waals surface area contributed by atoms with Gasteiger partial charge in [0.1, 0.15) is 0 Å². The van der Waals surface area contributed by atoms with Crippen molar-refractivity contribution in [1.82, 2.24) is 0 Å². The molecular formula is C13H20N2O. The Morgan fingerprint density at radius 1 is 1.50 bits per heavy atom. The Balaban J connectivity index is 2.40. The molecular weight excluding hydrogens is 200 g/mol. The molecule has 0 bridgehead atoms. The van der Waals surface area contributed by atoms with Crippen molar-refractivity contribution in [2.75, 3.05) is 11.9 Å². The summed E-state index contributed by atoms with van der Waals surface area (Å²) in [6.07, 6.45) is 1.38. The third-order valence-electron chi connectivity index (χ3n) is 2.57. The zero-order valence-corrected chi connectivity index (χ0v) is 9.99. The summed E-state index contributed by atoms with van der Waals surface area (Å²) in [5, 5.41) is 2.88. The molecule has 1 rings (SSSR count). The molecule has 0 heterocycles. The number of nitrogens with two attached hydrogens (primary N) is 1. The monoisotopic (exact) mass is 220 g/mol. The van der Waals surface area contributed by atoms with Crippen LogP contribution in [-0.4, -0.2) is 12.5 Å². The maximum absolute atomic E-state index is 11.6. The summed E-state index contributed by atoms with van der Waals surface area (Å²) in [5.41, 5.74) is 7.51. The number of aryl methyl sites for hydroxylation is 1. The van der Waals surface area contributed by atoms with E-state index in [0.29, 0.717) is 18.9 Å². The lowest BCUT2D eigenvalue weighted by Crippen LogP contribution is -2.16. The van der Waals surface area contributed by atoms with E-state index in [1.54, 1.807) is 0 Å². The van der Waals surface area contributed by atoms with Gasteiger partial charge in [0.05, 0.1) is 0 Å². The van der Waals surface area contributed by atoms with E-state index < -0.39 is 0 Å². The normalized spacial score (nSPS) is 12.2. The lowest BCUT2D eigenvalue weighted by Gasteiger charge is -2.09. The lowest BCUT2D eigenvalue weighted by molar-refractivity contribution is -0.116. The average molecular weight is 220 g/mol. The standard InChI is InChI=1S/C13H20N2O/c1-10-4-3-5-12(8-10)15-13(16)7-6-11(2)9-14/h3-5,8,11H,6-7,9,14H2,1-2H3,(H,15,16). The van der Waals surface area contributed by atoms with Crippen LogP contribution in [0.2, 0.25) is 0 Å². The summed E-state index contributed by atoms with van der Waals surface area (Å²) >= 11 is 0. The van der Waals surface area contributed by atoms with Gasteiger partial charge >= 0.3 is 0 Å². The molecule has 0 radical (unpaired) electrons. The summed E-state index contributed by atoms with van der Waals surface area (Å²) < 4.78 is 0. The second-order valence-electron chi connectivity index (χ2n) is 4.30. The molecule has 3 nitrogen and oxygen atoms in total. The second kappa shape index (κ2) is 6.28. The molecule has 1 aromatic rings. The van der Waals surface area contributed by atoms with Gasteiger partial charge in [0.15, 0.2) is 0 Å². The van der Waals surface area contributed by atoms with Crippen molar-refractivity contribution in [3.05, 3.63) is 29.8 Å². The van der Waals surface area contributed by atoms with E-state index >= 15 is 0 Å². The van der Waals surface area contributed by atoms with Crippen LogP contribution in [0.4, 0.5) is 5.69 Å². The van der Waals surface area contributed by atoms with Crippen LogP contribution in [-0.2, 0) is 4.79 Å². The molecule has 1 unspecified atom stereocenters. The Kier molecular flexibility index (Phi) is 4.99. The summed E-state index contributed by atoms with van der Waals surface area (Å²) in [6.45, 7) is 4.70. The fourth-order valence-electron chi connectivity index (χ4n) is 1.44. The highest BCUT2D eigenvalue weighted by atomic mass is 16.1. The van der Waals surface area contributed by atoms with Crippen molar-refractivity contribution in [3.8, 4) is 0 Å². The first kappa shape index (κ1) is 12.7. The molecule has 0 aliphatic heterocycles. The van der Waals surface area contributed by atoms with Gasteiger partial charge in [-0.1, -0.05) is 19.1 Å². The zero-order valence-electron chi connectivity index (χ0n) is 9.99. The third kappa shape index (κ3) is 4.45. The first-order chi connectivity index (χ1) is 7.61. The predicted molar refractivity (Wildman–Crippen MR) is 67.3 cm³/mol. The van der Waals surface area contributed by atoms with E-state index in [1.807, 2.05) is 31.2 Å². The summed E-state index contributed by atoms with van der Waals surface area (Å²) in [4.78, 5) is 11.6. The number of hydrogen-bond donors (Lipinski definition) is 2. The molecule has 0 saturated heterocycles. The molecule has 16 heavy (non-hydrogen) atoms. The van der Waals surface area contributed by atoms with Gasteiger partial charge in [-0.15, -0.1) is 0 Å². The third-order valence-corrected chi connectivity index (χ3v) is 2.57. The molecule has 3 heteroatoms. The van der Waals surface area contributed by atoms with Gasteiger partial charge in [0.25, 0.3) is 0 Å². The molecule has 0 saturated carbocycles. The van der Waals surface area contributed by atoms with Crippen LogP contribution in [0.5, 0.6) is 0 Å². The van der Waals surface area contributed by atoms with Gasteiger partial charge in [-0.25, -0.2) is 0 Å². The number of carbonyl (C=O) groups is 1. The molecule has 1 amide bonds. The fraction of sp³-hybridized carbons (Fsp3) is 0.462. The van der Waals surface area contributed by atoms with E-state index in [1.165, 1.54) is 0 Å². The number of amides is 1. The number of nitrogens with one attached hydrogen (secondary N) is 1. The first-order valence-corrected chi connectivity index (χ1v) is 5.68. The van der Waals surface area contributed by atoms with E-state index in [0.717, 1.165) is 17.7 Å². The van der Waals surface area contributed by atoms with Crippen molar-refractivity contribution < 1.29 is 4.79 Å². The molecule has 0 aliphatic rings. The van der Waals surface area contributed by atoms with Crippen LogP contribution in [0.25, 0.3) is 0 Å². The highest BCUT2D eigenvalue weighted by Crippen LogP contribution is 2.11. The molecule has 0 aliphatic carbocycles. The van der Waals surface area contributed by atoms with Crippen molar-refractivity contribution in [3.63, 3.8) is 0 Å². The van der Waals surface area contributed by atoms with Gasteiger partial charge in [0.2, 0.25) is 5.91 Å². The van der Waals surface area contributed by atoms with Gasteiger partial charge in [-0.05, 0) is 43.5 Å². The van der Waals surface area contributed by atoms with Crippen molar-refractivity contribution in [2.45, 2.75) is 26.7 Å². The quantitative estimate of drug-likeness (QED) is 0.800. The number of carbonyl (C=O) groups excluding carboxylic acids is 1. The molecule has 88 valence electrons. The molecule has 1 atom stereocenters. The lowest BCUT2D eigenvalue weighted by atomic mass is 10.1. The smallest absolute Gasteiger partial charge is 0.224 e. The highest BCUT2D eigenvalue weighted by molar-refractivity contribution is 5.90. The zero-order chi connectivity index (χ0) is 12.0. The molecule has 1 aromatic carbocycles. The van der Waals surface area contributed by atoms with Gasteiger partial charge < -0.3 is 11.1 Å². The number of benzene rings is 1. The molecule has 0 spiro atoms. The van der Waals surface area contributed by atoms with Gasteiger partial charge in [0, 0.05) is 12.1 Å². The summed E-state index contributed by atoms with van der Waals surface area (Å²) in [7, 11) is 0. The highest BCUT2D eigenvalue weighted by Gasteiger charge is 2.05. The summed E-state index contributed by atoms with van der Waals surface area (Å²) in [6, 6.07) is 7.81. The Labute approximate surface area is 97.0 Å². The molecule has 0 aromatic heterocycles. The van der Waals surface area contributed by atoms with Crippen LogP contribution < -0.4 is 11.1 Å². The minimum Gasteiger partial charge on any atom is -0.330 e. The first-order valence-electron chi connectivity index (χ1n) is 5.68. The minimum absolute atomic E-state index is 0.0610. The van der Waals surface area contributed by atoms with E-state index in [-0.39, 0.29) is 5.91 Å². The topological polar surface area (TPSA) is 55.1 Å². The van der Waals surface area contributed by atoms with Crippen LogP contribution >= 0.6 is 0 Å². The van der Waals surface area contributed by atoms with Gasteiger partial charge in [-0.3, -0.25) is 4.79 Å². The fourth-order valence-corrected chi connectivity index (χ4v) is 1.44. The number of hydrogen-bond acceptors (Lipinski definition) is 2. The Morgan fingerprint density at radius 2 is 2.25 bits per heavy atom. The van der Waals surface area contributed by atoms with Crippen LogP contribution in [0.3, 0.4) is 0 Å². The predicted octanol–water partition coefficient (Wildman–Crippen LogP) is 2.31. The maximum atomic E-state index is 11.6. The van der Waals surface area contributed by atoms with Crippen molar-refractivity contribution in [1.29, 1.82) is 0 Å². The van der Waals surface area contributed by atoms with Crippen LogP contribution in [0.1, 0.15) is 25.3 Å². The molecule has 0 fully saturated rings. The summed E-state index contributed by atoms with van der Waals surface area (Å²) in [5.74, 6) is 0.467. The number of rotatable bonds is 5. The average Bonchev–Trinajstić information content (AvgIpc) is 2.26. The van der Waals surface area contributed by atoms with Crippen molar-refractivity contribution in [2.24, 2.45) is 11.7 Å². The minimum atomic E-state index is 0.0610.